The zero-order chi connectivity index (χ0) is 10.7. The van der Waals surface area contributed by atoms with Crippen LogP contribution in [0.25, 0.3) is 10.4 Å². The number of nitrogens with two attached hydrogens (primary N) is 1. The standard InChI is InChI=1S/C7H4F2N4O/c8-4-1-3(7(10)14)6(12-13-11)2-5(4)9/h1-2H,(H2,10,14). The number of azide groups is 1. The van der Waals surface area contributed by atoms with Gasteiger partial charge in [-0.1, -0.05) is 5.11 Å². The number of carbonyl (C=O) groups is 1. The smallest absolute Gasteiger partial charge is 0.249 e. The minimum atomic E-state index is -1.23. The van der Waals surface area contributed by atoms with Crippen LogP contribution in [0.4, 0.5) is 14.5 Å². The molecule has 5 nitrogen and oxygen atoms in total. The third-order valence-electron chi connectivity index (χ3n) is 1.46. The Balaban J connectivity index is 3.45. The molecule has 0 aliphatic heterocycles. The minimum absolute atomic E-state index is 0.334. The van der Waals surface area contributed by atoms with Gasteiger partial charge in [-0.2, -0.15) is 0 Å². The molecule has 7 heteroatoms. The summed E-state index contributed by atoms with van der Waals surface area (Å²) in [5.74, 6) is -3.43. The zero-order valence-corrected chi connectivity index (χ0v) is 6.74. The van der Waals surface area contributed by atoms with Crippen LogP contribution in [0.3, 0.4) is 0 Å². The van der Waals surface area contributed by atoms with Crippen molar-refractivity contribution < 1.29 is 13.6 Å². The molecule has 0 bridgehead atoms. The van der Waals surface area contributed by atoms with E-state index < -0.39 is 17.5 Å². The van der Waals surface area contributed by atoms with Crippen LogP contribution in [0.5, 0.6) is 0 Å². The number of benzene rings is 1. The van der Waals surface area contributed by atoms with Crippen molar-refractivity contribution in [2.24, 2.45) is 10.8 Å². The van der Waals surface area contributed by atoms with Gasteiger partial charge in [0.1, 0.15) is 0 Å². The molecule has 0 heterocycles. The summed E-state index contributed by atoms with van der Waals surface area (Å²) in [4.78, 5) is 13.1. The van der Waals surface area contributed by atoms with Crippen LogP contribution in [-0.4, -0.2) is 5.91 Å². The van der Waals surface area contributed by atoms with Crippen LogP contribution in [0.1, 0.15) is 10.4 Å². The van der Waals surface area contributed by atoms with E-state index in [9.17, 15) is 13.6 Å². The molecule has 0 radical (unpaired) electrons. The van der Waals surface area contributed by atoms with Gasteiger partial charge in [0, 0.05) is 4.91 Å². The Labute approximate surface area is 76.8 Å². The van der Waals surface area contributed by atoms with Crippen molar-refractivity contribution in [3.05, 3.63) is 39.8 Å². The second-order valence-electron chi connectivity index (χ2n) is 2.34. The monoisotopic (exact) mass is 198 g/mol. The maximum atomic E-state index is 12.6. The summed E-state index contributed by atoms with van der Waals surface area (Å²) >= 11 is 0. The molecule has 0 saturated carbocycles. The van der Waals surface area contributed by atoms with Gasteiger partial charge in [0.15, 0.2) is 11.6 Å². The molecule has 1 aromatic rings. The number of hydrogen-bond acceptors (Lipinski definition) is 2. The molecule has 0 unspecified atom stereocenters. The predicted molar refractivity (Wildman–Crippen MR) is 43.7 cm³/mol. The number of halogens is 2. The van der Waals surface area contributed by atoms with Crippen LogP contribution in [0, 0.1) is 11.6 Å². The van der Waals surface area contributed by atoms with Crippen LogP contribution >= 0.6 is 0 Å². The highest BCUT2D eigenvalue weighted by molar-refractivity contribution is 5.97. The van der Waals surface area contributed by atoms with Crippen molar-refractivity contribution in [1.29, 1.82) is 0 Å². The fourth-order valence-electron chi connectivity index (χ4n) is 0.865. The lowest BCUT2D eigenvalue weighted by molar-refractivity contribution is 0.100. The summed E-state index contributed by atoms with van der Waals surface area (Å²) in [6.07, 6.45) is 0. The third kappa shape index (κ3) is 1.78. The van der Waals surface area contributed by atoms with E-state index in [0.29, 0.717) is 12.1 Å². The minimum Gasteiger partial charge on any atom is -0.366 e. The first-order chi connectivity index (χ1) is 6.56. The molecule has 0 aliphatic rings. The number of primary amides is 1. The quantitative estimate of drug-likeness (QED) is 0.439. The van der Waals surface area contributed by atoms with Crippen LogP contribution in [0.2, 0.25) is 0 Å². The van der Waals surface area contributed by atoms with Gasteiger partial charge >= 0.3 is 0 Å². The Morgan fingerprint density at radius 1 is 1.43 bits per heavy atom. The molecule has 1 rings (SSSR count). The van der Waals surface area contributed by atoms with Gasteiger partial charge < -0.3 is 5.73 Å². The Hall–Kier alpha value is -2.14. The molecule has 0 aromatic heterocycles. The Morgan fingerprint density at radius 3 is 2.50 bits per heavy atom. The van der Waals surface area contributed by atoms with E-state index in [4.69, 9.17) is 11.3 Å². The summed E-state index contributed by atoms with van der Waals surface area (Å²) in [6, 6.07) is 1.19. The van der Waals surface area contributed by atoms with Crippen LogP contribution in [0.15, 0.2) is 17.2 Å². The molecule has 14 heavy (non-hydrogen) atoms. The average Bonchev–Trinajstić information content (AvgIpc) is 2.11. The first-order valence-electron chi connectivity index (χ1n) is 3.40. The number of rotatable bonds is 2. The lowest BCUT2D eigenvalue weighted by atomic mass is 10.1. The molecule has 1 amide bonds. The van der Waals surface area contributed by atoms with Gasteiger partial charge in [-0.25, -0.2) is 8.78 Å². The highest BCUT2D eigenvalue weighted by Crippen LogP contribution is 2.22. The average molecular weight is 198 g/mol. The Morgan fingerprint density at radius 2 is 2.00 bits per heavy atom. The van der Waals surface area contributed by atoms with E-state index in [0.717, 1.165) is 0 Å². The summed E-state index contributed by atoms with van der Waals surface area (Å²) in [6.45, 7) is 0. The molecule has 72 valence electrons. The van der Waals surface area contributed by atoms with Gasteiger partial charge in [-0.15, -0.1) is 0 Å². The number of nitrogens with zero attached hydrogens (tertiary/aromatic N) is 3. The van der Waals surface area contributed by atoms with E-state index in [1.807, 2.05) is 0 Å². The van der Waals surface area contributed by atoms with E-state index in [1.54, 1.807) is 0 Å². The molecular formula is C7H4F2N4O. The number of carbonyl (C=O) groups excluding carboxylic acids is 1. The highest BCUT2D eigenvalue weighted by atomic mass is 19.2. The summed E-state index contributed by atoms with van der Waals surface area (Å²) in [5, 5.41) is 3.00. The molecule has 0 fully saturated rings. The van der Waals surface area contributed by atoms with Crippen molar-refractivity contribution in [3.8, 4) is 0 Å². The summed E-state index contributed by atoms with van der Waals surface area (Å²) in [7, 11) is 0. The first-order valence-corrected chi connectivity index (χ1v) is 3.40. The van der Waals surface area contributed by atoms with E-state index in [2.05, 4.69) is 10.0 Å². The fourth-order valence-corrected chi connectivity index (χ4v) is 0.865. The van der Waals surface area contributed by atoms with Gasteiger partial charge in [0.05, 0.1) is 11.3 Å². The normalized spacial score (nSPS) is 9.29. The van der Waals surface area contributed by atoms with Crippen LogP contribution in [-0.2, 0) is 0 Å². The molecule has 0 spiro atoms. The first kappa shape index (κ1) is 9.94. The maximum Gasteiger partial charge on any atom is 0.249 e. The van der Waals surface area contributed by atoms with Crippen molar-refractivity contribution in [2.45, 2.75) is 0 Å². The van der Waals surface area contributed by atoms with Crippen molar-refractivity contribution in [3.63, 3.8) is 0 Å². The molecular weight excluding hydrogens is 194 g/mol. The lowest BCUT2D eigenvalue weighted by Gasteiger charge is -2.01. The van der Waals surface area contributed by atoms with E-state index in [1.165, 1.54) is 0 Å². The maximum absolute atomic E-state index is 12.6. The van der Waals surface area contributed by atoms with E-state index >= 15 is 0 Å². The molecule has 0 atom stereocenters. The van der Waals surface area contributed by atoms with Crippen molar-refractivity contribution >= 4 is 11.6 Å². The second kappa shape index (κ2) is 3.71. The van der Waals surface area contributed by atoms with Crippen LogP contribution < -0.4 is 5.73 Å². The van der Waals surface area contributed by atoms with Crippen molar-refractivity contribution in [1.82, 2.24) is 0 Å². The fraction of sp³-hybridized carbons (Fsp3) is 0. The Kier molecular flexibility index (Phi) is 2.64. The van der Waals surface area contributed by atoms with Gasteiger partial charge in [-0.3, -0.25) is 4.79 Å². The lowest BCUT2D eigenvalue weighted by Crippen LogP contribution is -2.11. The largest absolute Gasteiger partial charge is 0.366 e. The van der Waals surface area contributed by atoms with Gasteiger partial charge in [-0.05, 0) is 17.7 Å². The van der Waals surface area contributed by atoms with Gasteiger partial charge in [0.2, 0.25) is 5.91 Å². The van der Waals surface area contributed by atoms with Gasteiger partial charge in [0.25, 0.3) is 0 Å². The third-order valence-corrected chi connectivity index (χ3v) is 1.46. The topological polar surface area (TPSA) is 91.8 Å². The number of hydrogen-bond donors (Lipinski definition) is 1. The number of amides is 1. The second-order valence-corrected chi connectivity index (χ2v) is 2.34. The highest BCUT2D eigenvalue weighted by Gasteiger charge is 2.12. The molecule has 2 N–H and O–H groups in total. The van der Waals surface area contributed by atoms with Crippen molar-refractivity contribution in [2.75, 3.05) is 0 Å². The predicted octanol–water partition coefficient (Wildman–Crippen LogP) is 2.01. The molecule has 0 saturated heterocycles. The SMILES string of the molecule is [N-]=[N+]=Nc1cc(F)c(F)cc1C(N)=O. The summed E-state index contributed by atoms with van der Waals surface area (Å²) < 4.78 is 25.3. The molecule has 0 aliphatic carbocycles. The zero-order valence-electron chi connectivity index (χ0n) is 6.74. The van der Waals surface area contributed by atoms with E-state index in [-0.39, 0.29) is 11.3 Å². The summed E-state index contributed by atoms with van der Waals surface area (Å²) in [5.41, 5.74) is 12.2. The Bertz CT molecular complexity index is 413. The molecule has 1 aromatic carbocycles.